The molecule has 4 heteroatoms. The van der Waals surface area contributed by atoms with Crippen LogP contribution < -0.4 is 5.73 Å². The molecule has 1 heterocycles. The number of rotatable bonds is 4. The fraction of sp³-hybridized carbons (Fsp3) is 0.917. The summed E-state index contributed by atoms with van der Waals surface area (Å²) in [5.41, 5.74) is 4.71. The smallest absolute Gasteiger partial charge is 0.313 e. The van der Waals surface area contributed by atoms with Gasteiger partial charge >= 0.3 is 5.97 Å². The Labute approximate surface area is 97.5 Å². The van der Waals surface area contributed by atoms with Crippen molar-refractivity contribution in [1.29, 1.82) is 0 Å². The quantitative estimate of drug-likeness (QED) is 0.739. The Morgan fingerprint density at radius 2 is 2.06 bits per heavy atom. The van der Waals surface area contributed by atoms with Crippen LogP contribution in [0.15, 0.2) is 0 Å². The third-order valence-electron chi connectivity index (χ3n) is 3.60. The van der Waals surface area contributed by atoms with Gasteiger partial charge in [0.05, 0.1) is 18.6 Å². The van der Waals surface area contributed by atoms with E-state index in [-0.39, 0.29) is 5.97 Å². The first-order valence-corrected chi connectivity index (χ1v) is 5.79. The van der Waals surface area contributed by atoms with Gasteiger partial charge in [-0.05, 0) is 34.1 Å². The van der Waals surface area contributed by atoms with Crippen molar-refractivity contribution in [1.82, 2.24) is 0 Å². The molecule has 0 amide bonds. The average molecular weight is 229 g/mol. The predicted molar refractivity (Wildman–Crippen MR) is 61.9 cm³/mol. The zero-order valence-corrected chi connectivity index (χ0v) is 10.7. The molecular weight excluding hydrogens is 206 g/mol. The lowest BCUT2D eigenvalue weighted by Crippen LogP contribution is -2.52. The van der Waals surface area contributed by atoms with Gasteiger partial charge < -0.3 is 15.2 Å². The molecule has 1 rings (SSSR count). The van der Waals surface area contributed by atoms with E-state index in [1.165, 1.54) is 0 Å². The molecule has 0 saturated carbocycles. The highest BCUT2D eigenvalue weighted by Crippen LogP contribution is 2.30. The van der Waals surface area contributed by atoms with Crippen molar-refractivity contribution in [2.75, 3.05) is 19.8 Å². The second kappa shape index (κ2) is 4.72. The molecule has 1 fully saturated rings. The van der Waals surface area contributed by atoms with Gasteiger partial charge in [0, 0.05) is 18.1 Å². The van der Waals surface area contributed by atoms with Gasteiger partial charge in [-0.2, -0.15) is 0 Å². The van der Waals surface area contributed by atoms with Gasteiger partial charge in [0.15, 0.2) is 0 Å². The van der Waals surface area contributed by atoms with Crippen molar-refractivity contribution in [3.63, 3.8) is 0 Å². The molecule has 0 aromatic carbocycles. The molecule has 2 N–H and O–H groups in total. The minimum atomic E-state index is -0.674. The molecule has 0 spiro atoms. The van der Waals surface area contributed by atoms with Crippen LogP contribution in [-0.2, 0) is 14.3 Å². The van der Waals surface area contributed by atoms with Gasteiger partial charge in [-0.25, -0.2) is 0 Å². The van der Waals surface area contributed by atoms with Crippen LogP contribution in [-0.4, -0.2) is 31.3 Å². The zero-order chi connectivity index (χ0) is 12.4. The summed E-state index contributed by atoms with van der Waals surface area (Å²) in [7, 11) is 0. The number of nitrogens with two attached hydrogens (primary N) is 1. The van der Waals surface area contributed by atoms with Crippen molar-refractivity contribution in [3.8, 4) is 0 Å². The molecule has 0 aromatic rings. The molecular formula is C12H23NO3. The first-order valence-electron chi connectivity index (χ1n) is 5.79. The van der Waals surface area contributed by atoms with E-state index in [1.807, 2.05) is 27.7 Å². The molecule has 16 heavy (non-hydrogen) atoms. The van der Waals surface area contributed by atoms with Crippen LogP contribution in [0.1, 0.15) is 34.1 Å². The van der Waals surface area contributed by atoms with Crippen molar-refractivity contribution in [3.05, 3.63) is 0 Å². The standard InChI is InChI=1S/C12H23NO3/c1-11(2,12(3,4)13)10(14)16-8-9-5-6-15-7-9/h9H,5-8,13H2,1-4H3. The number of carbonyl (C=O) groups excluding carboxylic acids is 1. The van der Waals surface area contributed by atoms with Crippen molar-refractivity contribution < 1.29 is 14.3 Å². The fourth-order valence-corrected chi connectivity index (χ4v) is 1.35. The lowest BCUT2D eigenvalue weighted by molar-refractivity contribution is -0.158. The third kappa shape index (κ3) is 2.95. The highest BCUT2D eigenvalue weighted by molar-refractivity contribution is 5.77. The van der Waals surface area contributed by atoms with Crippen molar-refractivity contribution in [2.45, 2.75) is 39.7 Å². The average Bonchev–Trinajstić information content (AvgIpc) is 2.64. The van der Waals surface area contributed by atoms with Crippen LogP contribution in [0, 0.1) is 11.3 Å². The Morgan fingerprint density at radius 1 is 1.44 bits per heavy atom. The van der Waals surface area contributed by atoms with Crippen LogP contribution in [0.4, 0.5) is 0 Å². The molecule has 0 radical (unpaired) electrons. The molecule has 1 aliphatic heterocycles. The molecule has 94 valence electrons. The van der Waals surface area contributed by atoms with E-state index in [0.717, 1.165) is 13.0 Å². The SMILES string of the molecule is CC(C)(N)C(C)(C)C(=O)OCC1CCOC1. The van der Waals surface area contributed by atoms with E-state index < -0.39 is 11.0 Å². The summed E-state index contributed by atoms with van der Waals surface area (Å²) < 4.78 is 10.5. The van der Waals surface area contributed by atoms with Gasteiger partial charge in [0.2, 0.25) is 0 Å². The maximum absolute atomic E-state index is 11.9. The van der Waals surface area contributed by atoms with Gasteiger partial charge in [-0.1, -0.05) is 0 Å². The third-order valence-corrected chi connectivity index (χ3v) is 3.60. The molecule has 1 unspecified atom stereocenters. The second-order valence-corrected chi connectivity index (χ2v) is 5.67. The molecule has 1 aliphatic rings. The number of hydrogen-bond donors (Lipinski definition) is 1. The topological polar surface area (TPSA) is 61.6 Å². The maximum atomic E-state index is 11.9. The molecule has 0 aliphatic carbocycles. The van der Waals surface area contributed by atoms with E-state index in [9.17, 15) is 4.79 Å². The van der Waals surface area contributed by atoms with Crippen LogP contribution >= 0.6 is 0 Å². The first-order chi connectivity index (χ1) is 7.25. The molecule has 1 saturated heterocycles. The molecule has 1 atom stereocenters. The minimum Gasteiger partial charge on any atom is -0.465 e. The summed E-state index contributed by atoms with van der Waals surface area (Å²) in [5, 5.41) is 0. The Hall–Kier alpha value is -0.610. The Bertz CT molecular complexity index is 249. The van der Waals surface area contributed by atoms with Crippen LogP contribution in [0.5, 0.6) is 0 Å². The summed E-state index contributed by atoms with van der Waals surface area (Å²) >= 11 is 0. The van der Waals surface area contributed by atoms with Gasteiger partial charge in [0.1, 0.15) is 0 Å². The Balaban J connectivity index is 2.45. The monoisotopic (exact) mass is 229 g/mol. The summed E-state index contributed by atoms with van der Waals surface area (Å²) in [6.45, 7) is 9.23. The van der Waals surface area contributed by atoms with Crippen LogP contribution in [0.25, 0.3) is 0 Å². The summed E-state index contributed by atoms with van der Waals surface area (Å²) in [6, 6.07) is 0. The second-order valence-electron chi connectivity index (χ2n) is 5.67. The highest BCUT2D eigenvalue weighted by Gasteiger charge is 2.42. The maximum Gasteiger partial charge on any atom is 0.313 e. The molecule has 0 aromatic heterocycles. The predicted octanol–water partition coefficient (Wildman–Crippen LogP) is 1.33. The van der Waals surface area contributed by atoms with Crippen LogP contribution in [0.2, 0.25) is 0 Å². The van der Waals surface area contributed by atoms with E-state index in [2.05, 4.69) is 0 Å². The summed E-state index contributed by atoms with van der Waals surface area (Å²) in [6.07, 6.45) is 0.972. The number of ether oxygens (including phenoxy) is 2. The number of hydrogen-bond acceptors (Lipinski definition) is 4. The van der Waals surface area contributed by atoms with Gasteiger partial charge in [-0.15, -0.1) is 0 Å². The van der Waals surface area contributed by atoms with E-state index >= 15 is 0 Å². The lowest BCUT2D eigenvalue weighted by Gasteiger charge is -2.36. The Morgan fingerprint density at radius 3 is 2.50 bits per heavy atom. The van der Waals surface area contributed by atoms with Gasteiger partial charge in [-0.3, -0.25) is 4.79 Å². The van der Waals surface area contributed by atoms with Crippen molar-refractivity contribution in [2.24, 2.45) is 17.1 Å². The Kier molecular flexibility index (Phi) is 3.97. The summed E-state index contributed by atoms with van der Waals surface area (Å²) in [4.78, 5) is 11.9. The van der Waals surface area contributed by atoms with E-state index in [1.54, 1.807) is 0 Å². The first kappa shape index (κ1) is 13.5. The lowest BCUT2D eigenvalue weighted by atomic mass is 9.75. The van der Waals surface area contributed by atoms with Crippen molar-refractivity contribution >= 4 is 5.97 Å². The van der Waals surface area contributed by atoms with E-state index in [4.69, 9.17) is 15.2 Å². The normalized spacial score (nSPS) is 22.2. The zero-order valence-electron chi connectivity index (χ0n) is 10.7. The highest BCUT2D eigenvalue weighted by atomic mass is 16.5. The fourth-order valence-electron chi connectivity index (χ4n) is 1.35. The van der Waals surface area contributed by atoms with Gasteiger partial charge in [0.25, 0.3) is 0 Å². The van der Waals surface area contributed by atoms with Crippen LogP contribution in [0.3, 0.4) is 0 Å². The number of esters is 1. The number of carbonyl (C=O) groups is 1. The van der Waals surface area contributed by atoms with E-state index in [0.29, 0.717) is 19.1 Å². The summed E-state index contributed by atoms with van der Waals surface area (Å²) in [5.74, 6) is 0.118. The minimum absolute atomic E-state index is 0.230. The largest absolute Gasteiger partial charge is 0.465 e. The molecule has 0 bridgehead atoms. The molecule has 4 nitrogen and oxygen atoms in total.